The monoisotopic (exact) mass is 321 g/mol. The topological polar surface area (TPSA) is 38.3 Å². The van der Waals surface area contributed by atoms with Gasteiger partial charge >= 0.3 is 0 Å². The summed E-state index contributed by atoms with van der Waals surface area (Å²) in [6.07, 6.45) is 5.02. The zero-order valence-electron chi connectivity index (χ0n) is 11.5. The number of carbonyl (C=O) groups excluding carboxylic acids is 1. The molecule has 1 saturated carbocycles. The van der Waals surface area contributed by atoms with Crippen molar-refractivity contribution in [2.24, 2.45) is 0 Å². The fourth-order valence-electron chi connectivity index (χ4n) is 2.47. The molecular formula is C16H16ClNO2S. The Kier molecular flexibility index (Phi) is 4.46. The summed E-state index contributed by atoms with van der Waals surface area (Å²) in [5.41, 5.74) is 0.736. The molecule has 0 unspecified atom stereocenters. The molecule has 1 fully saturated rings. The van der Waals surface area contributed by atoms with Gasteiger partial charge in [0.05, 0.1) is 15.3 Å². The number of hydrogen-bond donors (Lipinski definition) is 1. The number of amides is 1. The van der Waals surface area contributed by atoms with E-state index in [-0.39, 0.29) is 5.91 Å². The lowest BCUT2D eigenvalue weighted by molar-refractivity contribution is 0.103. The quantitative estimate of drug-likeness (QED) is 0.863. The molecule has 110 valence electrons. The third-order valence-electron chi connectivity index (χ3n) is 3.49. The van der Waals surface area contributed by atoms with Crippen molar-refractivity contribution in [3.8, 4) is 5.75 Å². The van der Waals surface area contributed by atoms with Crippen molar-refractivity contribution in [1.29, 1.82) is 0 Å². The molecular weight excluding hydrogens is 306 g/mol. The fraction of sp³-hybridized carbons (Fsp3) is 0.312. The SMILES string of the molecule is O=C(Nc1cccc(OC2CCCC2)c1)c1ccc(Cl)s1. The van der Waals surface area contributed by atoms with Crippen molar-refractivity contribution in [3.05, 3.63) is 45.6 Å². The molecule has 1 aliphatic carbocycles. The van der Waals surface area contributed by atoms with Crippen LogP contribution in [0.2, 0.25) is 4.34 Å². The van der Waals surface area contributed by atoms with Gasteiger partial charge in [0.15, 0.2) is 0 Å². The maximum Gasteiger partial charge on any atom is 0.265 e. The molecule has 0 atom stereocenters. The van der Waals surface area contributed by atoms with E-state index in [1.807, 2.05) is 24.3 Å². The van der Waals surface area contributed by atoms with Crippen LogP contribution in [0.4, 0.5) is 5.69 Å². The zero-order chi connectivity index (χ0) is 14.7. The number of thiophene rings is 1. The van der Waals surface area contributed by atoms with E-state index in [4.69, 9.17) is 16.3 Å². The maximum atomic E-state index is 12.1. The van der Waals surface area contributed by atoms with Gasteiger partial charge in [-0.3, -0.25) is 4.79 Å². The number of benzene rings is 1. The normalized spacial score (nSPS) is 15.1. The van der Waals surface area contributed by atoms with Crippen LogP contribution in [0.1, 0.15) is 35.4 Å². The van der Waals surface area contributed by atoms with E-state index in [1.165, 1.54) is 24.2 Å². The highest BCUT2D eigenvalue weighted by Gasteiger charge is 2.16. The minimum Gasteiger partial charge on any atom is -0.490 e. The molecule has 1 heterocycles. The molecule has 0 aliphatic heterocycles. The Hall–Kier alpha value is -1.52. The van der Waals surface area contributed by atoms with E-state index >= 15 is 0 Å². The average Bonchev–Trinajstić information content (AvgIpc) is 3.11. The Bertz CT molecular complexity index is 635. The first-order valence-electron chi connectivity index (χ1n) is 7.04. The maximum absolute atomic E-state index is 12.1. The van der Waals surface area contributed by atoms with Crippen molar-refractivity contribution in [1.82, 2.24) is 0 Å². The summed E-state index contributed by atoms with van der Waals surface area (Å²) in [5.74, 6) is 0.661. The van der Waals surface area contributed by atoms with Crippen molar-refractivity contribution in [2.75, 3.05) is 5.32 Å². The Labute approximate surface area is 132 Å². The molecule has 2 aromatic rings. The third-order valence-corrected chi connectivity index (χ3v) is 4.72. The van der Waals surface area contributed by atoms with Gasteiger partial charge in [0.1, 0.15) is 5.75 Å². The van der Waals surface area contributed by atoms with E-state index in [0.29, 0.717) is 15.3 Å². The molecule has 0 saturated heterocycles. The van der Waals surface area contributed by atoms with E-state index < -0.39 is 0 Å². The van der Waals surface area contributed by atoms with Crippen LogP contribution in [-0.4, -0.2) is 12.0 Å². The first-order chi connectivity index (χ1) is 10.2. The zero-order valence-corrected chi connectivity index (χ0v) is 13.0. The number of hydrogen-bond acceptors (Lipinski definition) is 3. The lowest BCUT2D eigenvalue weighted by Crippen LogP contribution is -2.12. The molecule has 3 rings (SSSR count). The van der Waals surface area contributed by atoms with Crippen LogP contribution in [0.3, 0.4) is 0 Å². The molecule has 5 heteroatoms. The van der Waals surface area contributed by atoms with Gasteiger partial charge in [0, 0.05) is 11.8 Å². The van der Waals surface area contributed by atoms with Gasteiger partial charge in [-0.05, 0) is 49.9 Å². The Balaban J connectivity index is 1.66. The number of rotatable bonds is 4. The van der Waals surface area contributed by atoms with E-state index in [9.17, 15) is 4.79 Å². The Morgan fingerprint density at radius 2 is 2.05 bits per heavy atom. The molecule has 1 aromatic heterocycles. The van der Waals surface area contributed by atoms with Gasteiger partial charge in [-0.1, -0.05) is 17.7 Å². The molecule has 1 aliphatic rings. The largest absolute Gasteiger partial charge is 0.490 e. The number of anilines is 1. The summed E-state index contributed by atoms with van der Waals surface area (Å²) in [4.78, 5) is 12.7. The van der Waals surface area contributed by atoms with Gasteiger partial charge in [0.2, 0.25) is 0 Å². The van der Waals surface area contributed by atoms with E-state index in [2.05, 4.69) is 5.32 Å². The smallest absolute Gasteiger partial charge is 0.265 e. The van der Waals surface area contributed by atoms with Gasteiger partial charge in [-0.15, -0.1) is 11.3 Å². The summed E-state index contributed by atoms with van der Waals surface area (Å²) in [7, 11) is 0. The molecule has 0 spiro atoms. The van der Waals surface area contributed by atoms with Crippen LogP contribution in [0.25, 0.3) is 0 Å². The van der Waals surface area contributed by atoms with Crippen molar-refractivity contribution < 1.29 is 9.53 Å². The summed E-state index contributed by atoms with van der Waals surface area (Å²) < 4.78 is 6.55. The second-order valence-corrected chi connectivity index (χ2v) is 6.83. The van der Waals surface area contributed by atoms with Gasteiger partial charge < -0.3 is 10.1 Å². The second kappa shape index (κ2) is 6.50. The molecule has 21 heavy (non-hydrogen) atoms. The minimum absolute atomic E-state index is 0.148. The standard InChI is InChI=1S/C16H16ClNO2S/c17-15-9-8-14(21-15)16(19)18-11-4-3-7-13(10-11)20-12-5-1-2-6-12/h3-4,7-10,12H,1-2,5-6H2,(H,18,19). The summed E-state index contributed by atoms with van der Waals surface area (Å²) >= 11 is 7.11. The highest BCUT2D eigenvalue weighted by atomic mass is 35.5. The van der Waals surface area contributed by atoms with Crippen molar-refractivity contribution in [2.45, 2.75) is 31.8 Å². The fourth-order valence-corrected chi connectivity index (χ4v) is 3.41. The summed E-state index contributed by atoms with van der Waals surface area (Å²) in [6, 6.07) is 11.0. The molecule has 1 N–H and O–H groups in total. The van der Waals surface area contributed by atoms with Gasteiger partial charge in [-0.25, -0.2) is 0 Å². The molecule has 1 aromatic carbocycles. The first kappa shape index (κ1) is 14.4. The van der Waals surface area contributed by atoms with Crippen molar-refractivity contribution in [3.63, 3.8) is 0 Å². The highest BCUT2D eigenvalue weighted by molar-refractivity contribution is 7.18. The summed E-state index contributed by atoms with van der Waals surface area (Å²) in [5, 5.41) is 2.87. The van der Waals surface area contributed by atoms with Crippen molar-refractivity contribution >= 4 is 34.5 Å². The lowest BCUT2D eigenvalue weighted by atomic mass is 10.2. The number of nitrogens with one attached hydrogen (secondary N) is 1. The predicted octanol–water partition coefficient (Wildman–Crippen LogP) is 4.98. The van der Waals surface area contributed by atoms with Crippen LogP contribution < -0.4 is 10.1 Å². The van der Waals surface area contributed by atoms with Crippen LogP contribution in [0.15, 0.2) is 36.4 Å². The van der Waals surface area contributed by atoms with Gasteiger partial charge in [0.25, 0.3) is 5.91 Å². The molecule has 0 bridgehead atoms. The third kappa shape index (κ3) is 3.77. The number of halogens is 1. The van der Waals surface area contributed by atoms with Crippen LogP contribution in [0, 0.1) is 0 Å². The van der Waals surface area contributed by atoms with E-state index in [1.54, 1.807) is 12.1 Å². The minimum atomic E-state index is -0.148. The lowest BCUT2D eigenvalue weighted by Gasteiger charge is -2.14. The average molecular weight is 322 g/mol. The molecule has 1 amide bonds. The van der Waals surface area contributed by atoms with Crippen LogP contribution >= 0.6 is 22.9 Å². The van der Waals surface area contributed by atoms with Gasteiger partial charge in [-0.2, -0.15) is 0 Å². The highest BCUT2D eigenvalue weighted by Crippen LogP contribution is 2.27. The molecule has 3 nitrogen and oxygen atoms in total. The van der Waals surface area contributed by atoms with E-state index in [0.717, 1.165) is 24.3 Å². The first-order valence-corrected chi connectivity index (χ1v) is 8.23. The Morgan fingerprint density at radius 1 is 1.24 bits per heavy atom. The molecule has 0 radical (unpaired) electrons. The van der Waals surface area contributed by atoms with Crippen LogP contribution in [-0.2, 0) is 0 Å². The van der Waals surface area contributed by atoms with Crippen LogP contribution in [0.5, 0.6) is 5.75 Å². The number of carbonyl (C=O) groups is 1. The Morgan fingerprint density at radius 3 is 2.76 bits per heavy atom. The predicted molar refractivity (Wildman–Crippen MR) is 86.6 cm³/mol. The number of ether oxygens (including phenoxy) is 1. The summed E-state index contributed by atoms with van der Waals surface area (Å²) in [6.45, 7) is 0. The second-order valence-electron chi connectivity index (χ2n) is 5.11.